The molecule has 0 aliphatic heterocycles. The molecule has 1 amide bonds. The van der Waals surface area contributed by atoms with Crippen LogP contribution in [0.4, 0.5) is 4.39 Å². The molecular weight excluding hydrogens is 319 g/mol. The minimum Gasteiger partial charge on any atom is -0.451 e. The number of benzene rings is 3. The van der Waals surface area contributed by atoms with E-state index in [0.717, 1.165) is 16.2 Å². The number of carbonyl (C=O) groups excluding carboxylic acids is 1. The summed E-state index contributed by atoms with van der Waals surface area (Å²) in [4.78, 5) is 12.2. The molecule has 0 saturated heterocycles. The highest BCUT2D eigenvalue weighted by Gasteiger charge is 2.13. The fraction of sp³-hybridized carbons (Fsp3) is 0. The number of nitrogens with zero attached hydrogens (tertiary/aromatic N) is 1. The number of amides is 1. The maximum Gasteiger partial charge on any atom is 0.307 e. The smallest absolute Gasteiger partial charge is 0.307 e. The van der Waals surface area contributed by atoms with E-state index in [2.05, 4.69) is 10.5 Å². The van der Waals surface area contributed by atoms with Gasteiger partial charge in [0.15, 0.2) is 5.76 Å². The van der Waals surface area contributed by atoms with Gasteiger partial charge in [0.25, 0.3) is 0 Å². The standard InChI is InChI=1S/C20H13FN2O2/c21-15-8-5-13(6-9-15)12-22-23-20(24)19-11-17-16-4-2-1-3-14(16)7-10-18(17)25-19/h1-12H,(H,23,24)/b22-12+. The highest BCUT2D eigenvalue weighted by molar-refractivity contribution is 6.08. The molecule has 4 rings (SSSR count). The van der Waals surface area contributed by atoms with Crippen molar-refractivity contribution in [3.05, 3.63) is 83.9 Å². The van der Waals surface area contributed by atoms with Crippen molar-refractivity contribution in [3.8, 4) is 0 Å². The van der Waals surface area contributed by atoms with E-state index in [-0.39, 0.29) is 11.6 Å². The van der Waals surface area contributed by atoms with E-state index in [9.17, 15) is 9.18 Å². The van der Waals surface area contributed by atoms with E-state index in [0.29, 0.717) is 11.1 Å². The number of hydrogen-bond donors (Lipinski definition) is 1. The van der Waals surface area contributed by atoms with Gasteiger partial charge in [0.1, 0.15) is 11.4 Å². The Kier molecular flexibility index (Phi) is 3.74. The van der Waals surface area contributed by atoms with Gasteiger partial charge in [-0.1, -0.05) is 42.5 Å². The van der Waals surface area contributed by atoms with Crippen LogP contribution in [0.25, 0.3) is 21.7 Å². The first kappa shape index (κ1) is 15.1. The van der Waals surface area contributed by atoms with Crippen LogP contribution in [-0.2, 0) is 0 Å². The average Bonchev–Trinajstić information content (AvgIpc) is 3.08. The topological polar surface area (TPSA) is 54.6 Å². The number of hydrogen-bond acceptors (Lipinski definition) is 3. The third-order valence-electron chi connectivity index (χ3n) is 3.90. The van der Waals surface area contributed by atoms with E-state index in [1.54, 1.807) is 18.2 Å². The van der Waals surface area contributed by atoms with E-state index in [1.165, 1.54) is 18.3 Å². The van der Waals surface area contributed by atoms with Crippen molar-refractivity contribution >= 4 is 33.9 Å². The summed E-state index contributed by atoms with van der Waals surface area (Å²) in [6.45, 7) is 0. The molecule has 3 aromatic carbocycles. The van der Waals surface area contributed by atoms with Gasteiger partial charge in [-0.15, -0.1) is 0 Å². The third-order valence-corrected chi connectivity index (χ3v) is 3.90. The highest BCUT2D eigenvalue weighted by atomic mass is 19.1. The number of furan rings is 1. The summed E-state index contributed by atoms with van der Waals surface area (Å²) in [6.07, 6.45) is 1.44. The van der Waals surface area contributed by atoms with Crippen molar-refractivity contribution in [3.63, 3.8) is 0 Å². The lowest BCUT2D eigenvalue weighted by molar-refractivity contribution is 0.0929. The summed E-state index contributed by atoms with van der Waals surface area (Å²) in [5.41, 5.74) is 3.74. The maximum absolute atomic E-state index is 12.8. The Hall–Kier alpha value is -3.47. The van der Waals surface area contributed by atoms with E-state index in [1.807, 2.05) is 36.4 Å². The van der Waals surface area contributed by atoms with Crippen LogP contribution in [0.5, 0.6) is 0 Å². The van der Waals surface area contributed by atoms with Crippen LogP contribution < -0.4 is 5.43 Å². The second kappa shape index (κ2) is 6.20. The fourth-order valence-electron chi connectivity index (χ4n) is 2.67. The van der Waals surface area contributed by atoms with Crippen molar-refractivity contribution in [2.24, 2.45) is 5.10 Å². The first-order valence-electron chi connectivity index (χ1n) is 7.71. The molecule has 0 atom stereocenters. The van der Waals surface area contributed by atoms with Gasteiger partial charge in [-0.2, -0.15) is 5.10 Å². The second-order valence-corrected chi connectivity index (χ2v) is 5.56. The zero-order valence-corrected chi connectivity index (χ0v) is 13.1. The molecule has 0 saturated carbocycles. The lowest BCUT2D eigenvalue weighted by Crippen LogP contribution is -2.16. The van der Waals surface area contributed by atoms with Gasteiger partial charge in [-0.3, -0.25) is 4.79 Å². The quantitative estimate of drug-likeness (QED) is 0.444. The SMILES string of the molecule is O=C(N/N=C/c1ccc(F)cc1)c1cc2c(ccc3ccccc32)o1. The zero-order chi connectivity index (χ0) is 17.2. The molecule has 0 unspecified atom stereocenters. The Labute approximate surface area is 142 Å². The van der Waals surface area contributed by atoms with Crippen LogP contribution in [0.1, 0.15) is 16.1 Å². The summed E-state index contributed by atoms with van der Waals surface area (Å²) in [5.74, 6) is -0.586. The molecule has 4 nitrogen and oxygen atoms in total. The van der Waals surface area contributed by atoms with Gasteiger partial charge in [0.2, 0.25) is 0 Å². The molecule has 1 N–H and O–H groups in total. The van der Waals surface area contributed by atoms with Gasteiger partial charge in [0.05, 0.1) is 6.21 Å². The summed E-state index contributed by atoms with van der Waals surface area (Å²) in [7, 11) is 0. The van der Waals surface area contributed by atoms with Crippen LogP contribution in [0, 0.1) is 5.82 Å². The lowest BCUT2D eigenvalue weighted by Gasteiger charge is -1.96. The summed E-state index contributed by atoms with van der Waals surface area (Å²) in [6, 6.07) is 19.2. The van der Waals surface area contributed by atoms with Gasteiger partial charge in [0, 0.05) is 5.39 Å². The Balaban J connectivity index is 1.57. The maximum atomic E-state index is 12.8. The van der Waals surface area contributed by atoms with Crippen molar-refractivity contribution in [1.29, 1.82) is 0 Å². The number of hydrazone groups is 1. The molecule has 122 valence electrons. The van der Waals surface area contributed by atoms with Crippen LogP contribution in [0.2, 0.25) is 0 Å². The molecule has 0 spiro atoms. The van der Waals surface area contributed by atoms with Crippen LogP contribution in [0.15, 0.2) is 76.2 Å². The van der Waals surface area contributed by atoms with E-state index < -0.39 is 5.91 Å². The number of fused-ring (bicyclic) bond motifs is 3. The zero-order valence-electron chi connectivity index (χ0n) is 13.1. The van der Waals surface area contributed by atoms with Crippen LogP contribution in [0.3, 0.4) is 0 Å². The molecule has 0 aliphatic carbocycles. The Bertz CT molecular complexity index is 1100. The van der Waals surface area contributed by atoms with Crippen molar-refractivity contribution in [1.82, 2.24) is 5.43 Å². The Morgan fingerprint density at radius 1 is 1.00 bits per heavy atom. The Morgan fingerprint density at radius 2 is 1.80 bits per heavy atom. The van der Waals surface area contributed by atoms with Crippen LogP contribution in [-0.4, -0.2) is 12.1 Å². The molecule has 0 bridgehead atoms. The molecule has 1 heterocycles. The minimum atomic E-state index is -0.446. The first-order chi connectivity index (χ1) is 12.2. The summed E-state index contributed by atoms with van der Waals surface area (Å²) in [5, 5.41) is 6.86. The predicted molar refractivity (Wildman–Crippen MR) is 95.2 cm³/mol. The van der Waals surface area contributed by atoms with Crippen molar-refractivity contribution in [2.75, 3.05) is 0 Å². The molecule has 5 heteroatoms. The van der Waals surface area contributed by atoms with Crippen LogP contribution >= 0.6 is 0 Å². The normalized spacial score (nSPS) is 11.4. The molecule has 0 fully saturated rings. The molecular formula is C20H13FN2O2. The third kappa shape index (κ3) is 2.99. The lowest BCUT2D eigenvalue weighted by atomic mass is 10.1. The number of nitrogens with one attached hydrogen (secondary N) is 1. The van der Waals surface area contributed by atoms with Gasteiger partial charge >= 0.3 is 5.91 Å². The monoisotopic (exact) mass is 332 g/mol. The van der Waals surface area contributed by atoms with Gasteiger partial charge < -0.3 is 4.42 Å². The Morgan fingerprint density at radius 3 is 2.64 bits per heavy atom. The minimum absolute atomic E-state index is 0.183. The molecule has 0 aliphatic rings. The van der Waals surface area contributed by atoms with E-state index in [4.69, 9.17) is 4.42 Å². The van der Waals surface area contributed by atoms with Crippen molar-refractivity contribution < 1.29 is 13.6 Å². The van der Waals surface area contributed by atoms with Gasteiger partial charge in [-0.25, -0.2) is 9.82 Å². The summed E-state index contributed by atoms with van der Waals surface area (Å²) < 4.78 is 18.5. The number of halogens is 1. The van der Waals surface area contributed by atoms with E-state index >= 15 is 0 Å². The predicted octanol–water partition coefficient (Wildman–Crippen LogP) is 4.49. The molecule has 1 aromatic heterocycles. The highest BCUT2D eigenvalue weighted by Crippen LogP contribution is 2.28. The first-order valence-corrected chi connectivity index (χ1v) is 7.71. The molecule has 4 aromatic rings. The second-order valence-electron chi connectivity index (χ2n) is 5.56. The number of rotatable bonds is 3. The van der Waals surface area contributed by atoms with Crippen molar-refractivity contribution in [2.45, 2.75) is 0 Å². The van der Waals surface area contributed by atoms with Gasteiger partial charge in [-0.05, 0) is 40.6 Å². The summed E-state index contributed by atoms with van der Waals surface area (Å²) >= 11 is 0. The number of carbonyl (C=O) groups is 1. The fourth-order valence-corrected chi connectivity index (χ4v) is 2.67. The molecule has 25 heavy (non-hydrogen) atoms. The molecule has 0 radical (unpaired) electrons. The average molecular weight is 332 g/mol. The largest absolute Gasteiger partial charge is 0.451 e.